The van der Waals surface area contributed by atoms with Crippen molar-refractivity contribution in [2.24, 2.45) is 0 Å². The van der Waals surface area contributed by atoms with Gasteiger partial charge in [0.05, 0.1) is 16.1 Å². The summed E-state index contributed by atoms with van der Waals surface area (Å²) in [4.78, 5) is 5.94. The Morgan fingerprint density at radius 1 is 1.50 bits per heavy atom. The monoisotopic (exact) mass is 263 g/mol. The third kappa shape index (κ3) is 3.40. The Morgan fingerprint density at radius 3 is 2.69 bits per heavy atom. The van der Waals surface area contributed by atoms with Crippen LogP contribution in [0.2, 0.25) is 10.0 Å². The zero-order valence-corrected chi connectivity index (χ0v) is 10.8. The fraction of sp³-hybridized carbons (Fsp3) is 0.500. The van der Waals surface area contributed by atoms with E-state index in [0.717, 1.165) is 0 Å². The quantitative estimate of drug-likeness (QED) is 0.874. The summed E-state index contributed by atoms with van der Waals surface area (Å²) in [6, 6.07) is 1.57. The molecule has 3 N–H and O–H groups in total. The van der Waals surface area contributed by atoms with Crippen molar-refractivity contribution in [2.45, 2.75) is 19.4 Å². The number of hydrogen-bond donors (Lipinski definition) is 2. The summed E-state index contributed by atoms with van der Waals surface area (Å²) in [6.45, 7) is 2.38. The molecule has 4 nitrogen and oxygen atoms in total. The summed E-state index contributed by atoms with van der Waals surface area (Å²) in [7, 11) is 1.84. The number of rotatable bonds is 4. The molecule has 0 saturated heterocycles. The molecule has 0 bridgehead atoms. The van der Waals surface area contributed by atoms with Gasteiger partial charge in [-0.25, -0.2) is 4.98 Å². The van der Waals surface area contributed by atoms with Crippen LogP contribution in [-0.2, 0) is 0 Å². The summed E-state index contributed by atoms with van der Waals surface area (Å²) in [5, 5.41) is 9.99. The first kappa shape index (κ1) is 13.4. The van der Waals surface area contributed by atoms with Gasteiger partial charge in [-0.1, -0.05) is 23.2 Å². The molecule has 0 aromatic carbocycles. The number of nitrogen functional groups attached to an aromatic ring is 1. The standard InChI is InChI=1S/C10H15Cl2N3O/c1-6(16)3-4-15(2)10-8(12)5-7(11)9(13)14-10/h5-6,16H,3-4H2,1-2H3,(H2,13,14). The molecule has 0 radical (unpaired) electrons. The molecular weight excluding hydrogens is 249 g/mol. The van der Waals surface area contributed by atoms with Crippen molar-refractivity contribution >= 4 is 34.8 Å². The van der Waals surface area contributed by atoms with Crippen LogP contribution in [0.15, 0.2) is 6.07 Å². The Kier molecular flexibility index (Phi) is 4.65. The lowest BCUT2D eigenvalue weighted by molar-refractivity contribution is 0.187. The highest BCUT2D eigenvalue weighted by atomic mass is 35.5. The van der Waals surface area contributed by atoms with Crippen molar-refractivity contribution in [3.63, 3.8) is 0 Å². The SMILES string of the molecule is CC(O)CCN(C)c1nc(N)c(Cl)cc1Cl. The lowest BCUT2D eigenvalue weighted by atomic mass is 10.3. The van der Waals surface area contributed by atoms with Crippen LogP contribution in [0.1, 0.15) is 13.3 Å². The first-order valence-corrected chi connectivity index (χ1v) is 5.68. The van der Waals surface area contributed by atoms with Crippen LogP contribution in [0.3, 0.4) is 0 Å². The van der Waals surface area contributed by atoms with Gasteiger partial charge in [0.2, 0.25) is 0 Å². The summed E-state index contributed by atoms with van der Waals surface area (Å²) < 4.78 is 0. The van der Waals surface area contributed by atoms with Crippen molar-refractivity contribution in [1.29, 1.82) is 0 Å². The van der Waals surface area contributed by atoms with Gasteiger partial charge >= 0.3 is 0 Å². The van der Waals surface area contributed by atoms with E-state index in [-0.39, 0.29) is 11.9 Å². The van der Waals surface area contributed by atoms with Gasteiger partial charge in [0.15, 0.2) is 0 Å². The molecular formula is C10H15Cl2N3O. The molecule has 0 amide bonds. The number of aliphatic hydroxyl groups excluding tert-OH is 1. The zero-order chi connectivity index (χ0) is 12.3. The van der Waals surface area contributed by atoms with E-state index >= 15 is 0 Å². The Labute approximate surface area is 105 Å². The molecule has 0 fully saturated rings. The van der Waals surface area contributed by atoms with Gasteiger partial charge < -0.3 is 15.7 Å². The van der Waals surface area contributed by atoms with E-state index in [9.17, 15) is 5.11 Å². The van der Waals surface area contributed by atoms with Crippen molar-refractivity contribution in [3.05, 3.63) is 16.1 Å². The summed E-state index contributed by atoms with van der Waals surface area (Å²) in [6.07, 6.45) is 0.280. The molecule has 0 aliphatic heterocycles. The van der Waals surface area contributed by atoms with E-state index in [2.05, 4.69) is 4.98 Å². The molecule has 0 aliphatic rings. The molecule has 16 heavy (non-hydrogen) atoms. The van der Waals surface area contributed by atoms with Crippen molar-refractivity contribution < 1.29 is 5.11 Å². The molecule has 1 aromatic rings. The maximum absolute atomic E-state index is 9.19. The topological polar surface area (TPSA) is 62.4 Å². The molecule has 1 rings (SSSR count). The number of halogens is 2. The predicted octanol–water partition coefficient (Wildman–Crippen LogP) is 2.18. The highest BCUT2D eigenvalue weighted by molar-refractivity contribution is 6.37. The lowest BCUT2D eigenvalue weighted by Gasteiger charge is -2.20. The largest absolute Gasteiger partial charge is 0.393 e. The molecule has 6 heteroatoms. The van der Waals surface area contributed by atoms with Gasteiger partial charge in [-0.05, 0) is 19.4 Å². The number of hydrogen-bond acceptors (Lipinski definition) is 4. The molecule has 0 saturated carbocycles. The second-order valence-corrected chi connectivity index (χ2v) is 4.53. The fourth-order valence-electron chi connectivity index (χ4n) is 1.22. The van der Waals surface area contributed by atoms with Crippen LogP contribution in [0.25, 0.3) is 0 Å². The molecule has 1 heterocycles. The molecule has 0 spiro atoms. The number of nitrogens with zero attached hydrogens (tertiary/aromatic N) is 2. The molecule has 1 aromatic heterocycles. The summed E-state index contributed by atoms with van der Waals surface area (Å²) >= 11 is 11.8. The van der Waals surface area contributed by atoms with Crippen LogP contribution in [-0.4, -0.2) is 29.8 Å². The van der Waals surface area contributed by atoms with E-state index in [0.29, 0.717) is 28.8 Å². The van der Waals surface area contributed by atoms with Crippen LogP contribution >= 0.6 is 23.2 Å². The van der Waals surface area contributed by atoms with Gasteiger partial charge in [0.1, 0.15) is 11.6 Å². The first-order chi connectivity index (χ1) is 7.41. The minimum absolute atomic E-state index is 0.255. The highest BCUT2D eigenvalue weighted by Gasteiger charge is 2.11. The molecule has 1 unspecified atom stereocenters. The number of anilines is 2. The Hall–Kier alpha value is -0.710. The van der Waals surface area contributed by atoms with Gasteiger partial charge in [-0.15, -0.1) is 0 Å². The summed E-state index contributed by atoms with van der Waals surface area (Å²) in [5.41, 5.74) is 5.61. The Bertz CT molecular complexity index is 371. The second-order valence-electron chi connectivity index (χ2n) is 3.72. The van der Waals surface area contributed by atoms with E-state index < -0.39 is 0 Å². The van der Waals surface area contributed by atoms with Gasteiger partial charge in [-0.2, -0.15) is 0 Å². The average molecular weight is 264 g/mol. The van der Waals surface area contributed by atoms with Gasteiger partial charge in [-0.3, -0.25) is 0 Å². The predicted molar refractivity (Wildman–Crippen MR) is 68.2 cm³/mol. The molecule has 0 aliphatic carbocycles. The first-order valence-electron chi connectivity index (χ1n) is 4.92. The van der Waals surface area contributed by atoms with Crippen LogP contribution < -0.4 is 10.6 Å². The average Bonchev–Trinajstić information content (AvgIpc) is 2.20. The number of aromatic nitrogens is 1. The normalized spacial score (nSPS) is 12.6. The van der Waals surface area contributed by atoms with Crippen molar-refractivity contribution in [1.82, 2.24) is 4.98 Å². The Morgan fingerprint density at radius 2 is 2.12 bits per heavy atom. The lowest BCUT2D eigenvalue weighted by Crippen LogP contribution is -2.23. The number of aliphatic hydroxyl groups is 1. The third-order valence-corrected chi connectivity index (χ3v) is 2.76. The maximum atomic E-state index is 9.19. The van der Waals surface area contributed by atoms with Crippen LogP contribution in [0.4, 0.5) is 11.6 Å². The van der Waals surface area contributed by atoms with Gasteiger partial charge in [0.25, 0.3) is 0 Å². The van der Waals surface area contributed by atoms with E-state index in [1.807, 2.05) is 11.9 Å². The summed E-state index contributed by atoms with van der Waals surface area (Å²) in [5.74, 6) is 0.828. The minimum atomic E-state index is -0.356. The van der Waals surface area contributed by atoms with E-state index in [4.69, 9.17) is 28.9 Å². The van der Waals surface area contributed by atoms with Crippen LogP contribution in [0, 0.1) is 0 Å². The smallest absolute Gasteiger partial charge is 0.149 e. The van der Waals surface area contributed by atoms with E-state index in [1.54, 1.807) is 13.0 Å². The zero-order valence-electron chi connectivity index (χ0n) is 9.24. The highest BCUT2D eigenvalue weighted by Crippen LogP contribution is 2.29. The number of pyridine rings is 1. The van der Waals surface area contributed by atoms with Gasteiger partial charge in [0, 0.05) is 13.6 Å². The number of nitrogens with two attached hydrogens (primary N) is 1. The second kappa shape index (κ2) is 5.57. The maximum Gasteiger partial charge on any atom is 0.149 e. The van der Waals surface area contributed by atoms with E-state index in [1.165, 1.54) is 0 Å². The Balaban J connectivity index is 2.82. The van der Waals surface area contributed by atoms with Crippen LogP contribution in [0.5, 0.6) is 0 Å². The fourth-order valence-corrected chi connectivity index (χ4v) is 1.73. The molecule has 1 atom stereocenters. The minimum Gasteiger partial charge on any atom is -0.393 e. The van der Waals surface area contributed by atoms with Crippen molar-refractivity contribution in [3.8, 4) is 0 Å². The van der Waals surface area contributed by atoms with Crippen molar-refractivity contribution in [2.75, 3.05) is 24.2 Å². The third-order valence-electron chi connectivity index (χ3n) is 2.18. The molecule has 90 valence electrons.